The smallest absolute Gasteiger partial charge is 0.269 e. The van der Waals surface area contributed by atoms with Gasteiger partial charge < -0.3 is 19.4 Å². The molecular weight excluding hydrogens is 492 g/mol. The van der Waals surface area contributed by atoms with E-state index in [1.807, 2.05) is 29.2 Å². The maximum Gasteiger partial charge on any atom is 0.269 e. The first-order chi connectivity index (χ1) is 18.0. The molecule has 2 fully saturated rings. The zero-order chi connectivity index (χ0) is 25.8. The molecule has 0 aliphatic carbocycles. The summed E-state index contributed by atoms with van der Waals surface area (Å²) in [5, 5.41) is 11.8. The lowest BCUT2D eigenvalue weighted by molar-refractivity contribution is -0.384. The number of non-ortho nitro benzene ring substituents is 1. The van der Waals surface area contributed by atoms with Crippen molar-refractivity contribution in [2.24, 2.45) is 5.92 Å². The molecule has 37 heavy (non-hydrogen) atoms. The highest BCUT2D eigenvalue weighted by Gasteiger charge is 2.32. The number of carbonyl (C=O) groups excluding carboxylic acids is 1. The number of ether oxygens (including phenoxy) is 1. The minimum Gasteiger partial charge on any atom is -0.497 e. The average molecular weight is 523 g/mol. The Morgan fingerprint density at radius 3 is 2.62 bits per heavy atom. The molecule has 3 heterocycles. The van der Waals surface area contributed by atoms with E-state index in [-0.39, 0.29) is 17.5 Å². The Kier molecular flexibility index (Phi) is 7.50. The number of aromatic nitrogens is 2. The van der Waals surface area contributed by atoms with Crippen molar-refractivity contribution in [1.29, 1.82) is 0 Å². The number of anilines is 2. The van der Waals surface area contributed by atoms with Crippen LogP contribution >= 0.6 is 11.5 Å². The molecule has 10 nitrogen and oxygen atoms in total. The van der Waals surface area contributed by atoms with Gasteiger partial charge in [-0.1, -0.05) is 12.1 Å². The van der Waals surface area contributed by atoms with Crippen LogP contribution in [-0.2, 0) is 11.2 Å². The van der Waals surface area contributed by atoms with E-state index in [4.69, 9.17) is 9.72 Å². The van der Waals surface area contributed by atoms with Gasteiger partial charge in [0.2, 0.25) is 11.0 Å². The van der Waals surface area contributed by atoms with Crippen molar-refractivity contribution in [3.8, 4) is 5.75 Å². The molecule has 1 aromatic heterocycles. The van der Waals surface area contributed by atoms with Gasteiger partial charge in [-0.05, 0) is 42.7 Å². The van der Waals surface area contributed by atoms with Crippen LogP contribution in [0.1, 0.15) is 24.2 Å². The van der Waals surface area contributed by atoms with E-state index >= 15 is 0 Å². The molecule has 1 atom stereocenters. The van der Waals surface area contributed by atoms with Crippen molar-refractivity contribution in [2.75, 3.05) is 56.2 Å². The predicted molar refractivity (Wildman–Crippen MR) is 143 cm³/mol. The molecule has 5 rings (SSSR count). The van der Waals surface area contributed by atoms with Gasteiger partial charge in [0.05, 0.1) is 18.0 Å². The summed E-state index contributed by atoms with van der Waals surface area (Å²) in [6, 6.07) is 14.5. The molecule has 2 aliphatic heterocycles. The molecule has 2 saturated heterocycles. The molecule has 0 saturated carbocycles. The summed E-state index contributed by atoms with van der Waals surface area (Å²) in [4.78, 5) is 35.0. The number of nitro benzene ring substituents is 1. The van der Waals surface area contributed by atoms with Crippen molar-refractivity contribution >= 4 is 33.9 Å². The van der Waals surface area contributed by atoms with E-state index in [1.165, 1.54) is 23.7 Å². The lowest BCUT2D eigenvalue weighted by Gasteiger charge is -2.39. The zero-order valence-electron chi connectivity index (χ0n) is 20.8. The van der Waals surface area contributed by atoms with Gasteiger partial charge in [-0.25, -0.2) is 4.98 Å². The Balaban J connectivity index is 1.15. The Morgan fingerprint density at radius 2 is 1.89 bits per heavy atom. The van der Waals surface area contributed by atoms with Crippen LogP contribution in [0.2, 0.25) is 0 Å². The molecule has 2 aliphatic rings. The molecule has 1 amide bonds. The molecule has 11 heteroatoms. The highest BCUT2D eigenvalue weighted by molar-refractivity contribution is 7.09. The van der Waals surface area contributed by atoms with Crippen molar-refractivity contribution < 1.29 is 14.5 Å². The van der Waals surface area contributed by atoms with E-state index < -0.39 is 4.92 Å². The van der Waals surface area contributed by atoms with Crippen molar-refractivity contribution in [3.63, 3.8) is 0 Å². The number of methoxy groups -OCH3 is 1. The second kappa shape index (κ2) is 11.1. The Morgan fingerprint density at radius 1 is 1.11 bits per heavy atom. The number of hydrogen-bond donors (Lipinski definition) is 0. The number of carbonyl (C=O) groups is 1. The second-order valence-electron chi connectivity index (χ2n) is 9.39. The normalized spacial score (nSPS) is 18.1. The van der Waals surface area contributed by atoms with E-state index in [0.29, 0.717) is 39.1 Å². The first kappa shape index (κ1) is 24.9. The van der Waals surface area contributed by atoms with Crippen LogP contribution in [0.15, 0.2) is 48.5 Å². The Hall–Kier alpha value is -3.73. The van der Waals surface area contributed by atoms with Crippen molar-refractivity contribution in [2.45, 2.75) is 19.3 Å². The van der Waals surface area contributed by atoms with E-state index in [2.05, 4.69) is 14.2 Å². The molecule has 0 spiro atoms. The van der Waals surface area contributed by atoms with Crippen molar-refractivity contribution in [1.82, 2.24) is 14.3 Å². The van der Waals surface area contributed by atoms with Crippen LogP contribution in [0.25, 0.3) is 0 Å². The van der Waals surface area contributed by atoms with E-state index in [1.54, 1.807) is 19.2 Å². The Bertz CT molecular complexity index is 1240. The highest BCUT2D eigenvalue weighted by Crippen LogP contribution is 2.28. The minimum absolute atomic E-state index is 0.0505. The molecule has 1 unspecified atom stereocenters. The first-order valence-corrected chi connectivity index (χ1v) is 13.3. The van der Waals surface area contributed by atoms with Gasteiger partial charge in [-0.2, -0.15) is 4.37 Å². The third kappa shape index (κ3) is 5.82. The monoisotopic (exact) mass is 522 g/mol. The average Bonchev–Trinajstić information content (AvgIpc) is 3.41. The summed E-state index contributed by atoms with van der Waals surface area (Å²) in [5.74, 6) is 1.75. The topological polar surface area (TPSA) is 105 Å². The molecule has 0 bridgehead atoms. The zero-order valence-corrected chi connectivity index (χ0v) is 21.6. The van der Waals surface area contributed by atoms with Gasteiger partial charge in [-0.3, -0.25) is 14.9 Å². The summed E-state index contributed by atoms with van der Waals surface area (Å²) in [6.45, 7) is 4.26. The Labute approximate surface area is 219 Å². The number of piperazine rings is 1. The standard InChI is InChI=1S/C26H30N6O4S/c1-36-23-6-2-4-19(16-23)17-24-27-26(37-28-24)31-11-3-5-20(18-31)25(33)30-14-12-29(13-15-30)21-7-9-22(10-8-21)32(34)35/h2,4,6-10,16,20H,3,5,11-15,17-18H2,1H3. The lowest BCUT2D eigenvalue weighted by atomic mass is 9.96. The largest absolute Gasteiger partial charge is 0.497 e. The van der Waals surface area contributed by atoms with Gasteiger partial charge in [0.15, 0.2) is 0 Å². The van der Waals surface area contributed by atoms with Crippen LogP contribution in [0.5, 0.6) is 5.75 Å². The number of rotatable bonds is 7. The number of nitrogens with zero attached hydrogens (tertiary/aromatic N) is 6. The van der Waals surface area contributed by atoms with Gasteiger partial charge >= 0.3 is 0 Å². The second-order valence-corrected chi connectivity index (χ2v) is 10.1. The first-order valence-electron chi connectivity index (χ1n) is 12.5. The highest BCUT2D eigenvalue weighted by atomic mass is 32.1. The third-order valence-corrected chi connectivity index (χ3v) is 7.83. The quantitative estimate of drug-likeness (QED) is 0.342. The molecule has 0 radical (unpaired) electrons. The van der Waals surface area contributed by atoms with Gasteiger partial charge in [0.1, 0.15) is 11.6 Å². The lowest BCUT2D eigenvalue weighted by Crippen LogP contribution is -2.52. The van der Waals surface area contributed by atoms with Crippen LogP contribution in [0.3, 0.4) is 0 Å². The fourth-order valence-corrected chi connectivity index (χ4v) is 5.71. The molecule has 194 valence electrons. The summed E-state index contributed by atoms with van der Waals surface area (Å²) in [5.41, 5.74) is 2.13. The maximum atomic E-state index is 13.4. The molecule has 0 N–H and O–H groups in total. The van der Waals surface area contributed by atoms with Crippen LogP contribution in [0.4, 0.5) is 16.5 Å². The number of piperidine rings is 1. The minimum atomic E-state index is -0.392. The van der Waals surface area contributed by atoms with Crippen LogP contribution in [0, 0.1) is 16.0 Å². The summed E-state index contributed by atoms with van der Waals surface area (Å²) in [6.07, 6.45) is 2.47. The van der Waals surface area contributed by atoms with Gasteiger partial charge in [0.25, 0.3) is 5.69 Å². The summed E-state index contributed by atoms with van der Waals surface area (Å²) < 4.78 is 9.87. The SMILES string of the molecule is COc1cccc(Cc2nsc(N3CCCC(C(=O)N4CCN(c5ccc([N+](=O)[O-])cc5)CC4)C3)n2)c1. The summed E-state index contributed by atoms with van der Waals surface area (Å²) >= 11 is 1.40. The van der Waals surface area contributed by atoms with Gasteiger partial charge in [-0.15, -0.1) is 0 Å². The van der Waals surface area contributed by atoms with E-state index in [0.717, 1.165) is 47.3 Å². The molecule has 3 aromatic rings. The maximum absolute atomic E-state index is 13.4. The number of nitro groups is 1. The third-order valence-electron chi connectivity index (χ3n) is 7.01. The number of amides is 1. The van der Waals surface area contributed by atoms with Crippen molar-refractivity contribution in [3.05, 3.63) is 70.0 Å². The fraction of sp³-hybridized carbons (Fsp3) is 0.423. The molecule has 2 aromatic carbocycles. The molecular formula is C26H30N6O4S. The van der Waals surface area contributed by atoms with E-state index in [9.17, 15) is 14.9 Å². The van der Waals surface area contributed by atoms with Crippen LogP contribution in [-0.4, -0.2) is 71.5 Å². The fourth-order valence-electron chi connectivity index (χ4n) is 4.99. The number of hydrogen-bond acceptors (Lipinski definition) is 9. The number of benzene rings is 2. The predicted octanol–water partition coefficient (Wildman–Crippen LogP) is 3.61. The van der Waals surface area contributed by atoms with Gasteiger partial charge in [0, 0.05) is 75.0 Å². The van der Waals surface area contributed by atoms with Crippen LogP contribution < -0.4 is 14.5 Å². The summed E-state index contributed by atoms with van der Waals surface area (Å²) in [7, 11) is 1.66.